The van der Waals surface area contributed by atoms with Crippen LogP contribution in [0.5, 0.6) is 0 Å². The van der Waals surface area contributed by atoms with Crippen molar-refractivity contribution >= 4 is 28.8 Å². The lowest BCUT2D eigenvalue weighted by atomic mass is 10.0. The van der Waals surface area contributed by atoms with Crippen LogP contribution in [0.1, 0.15) is 28.5 Å². The zero-order valence-electron chi connectivity index (χ0n) is 13.8. The van der Waals surface area contributed by atoms with E-state index in [0.29, 0.717) is 22.9 Å². The predicted octanol–water partition coefficient (Wildman–Crippen LogP) is 1.72. The van der Waals surface area contributed by atoms with Gasteiger partial charge in [0, 0.05) is 18.1 Å². The van der Waals surface area contributed by atoms with Crippen molar-refractivity contribution in [2.45, 2.75) is 20.3 Å². The maximum atomic E-state index is 12.5. The number of nitrogens with zero attached hydrogens (tertiary/aromatic N) is 1. The van der Waals surface area contributed by atoms with Gasteiger partial charge in [-0.1, -0.05) is 25.1 Å². The maximum absolute atomic E-state index is 12.5. The number of urea groups is 1. The standard InChI is InChI=1S/C17H19N3O4/c1-4-12-10(2)15(11-7-5-6-8-13(11)19-12)16(22)24-9-14(21)20-17(23)18-3/h5-8H,4,9H2,1-3H3,(H2,18,20,21,23). The summed E-state index contributed by atoms with van der Waals surface area (Å²) in [7, 11) is 1.38. The second-order valence-corrected chi connectivity index (χ2v) is 5.13. The van der Waals surface area contributed by atoms with Crippen LogP contribution in [0.3, 0.4) is 0 Å². The highest BCUT2D eigenvalue weighted by molar-refractivity contribution is 6.05. The van der Waals surface area contributed by atoms with Gasteiger partial charge >= 0.3 is 12.0 Å². The van der Waals surface area contributed by atoms with Gasteiger partial charge in [0.15, 0.2) is 6.61 Å². The van der Waals surface area contributed by atoms with E-state index in [0.717, 1.165) is 11.3 Å². The summed E-state index contributed by atoms with van der Waals surface area (Å²) in [5, 5.41) is 4.95. The molecule has 1 aromatic carbocycles. The first-order chi connectivity index (χ1) is 11.5. The van der Waals surface area contributed by atoms with Crippen molar-refractivity contribution in [2.75, 3.05) is 13.7 Å². The van der Waals surface area contributed by atoms with Crippen molar-refractivity contribution in [1.29, 1.82) is 0 Å². The molecule has 0 unspecified atom stereocenters. The number of hydrogen-bond acceptors (Lipinski definition) is 5. The Morgan fingerprint density at radius 1 is 1.21 bits per heavy atom. The summed E-state index contributed by atoms with van der Waals surface area (Å²) in [5.74, 6) is -1.32. The molecule has 2 rings (SSSR count). The van der Waals surface area contributed by atoms with E-state index in [1.807, 2.05) is 30.4 Å². The van der Waals surface area contributed by atoms with E-state index in [1.54, 1.807) is 13.0 Å². The van der Waals surface area contributed by atoms with E-state index in [1.165, 1.54) is 7.05 Å². The Balaban J connectivity index is 2.27. The molecular weight excluding hydrogens is 310 g/mol. The number of carbonyl (C=O) groups is 3. The van der Waals surface area contributed by atoms with Gasteiger partial charge in [-0.3, -0.25) is 15.1 Å². The lowest BCUT2D eigenvalue weighted by Crippen LogP contribution is -2.39. The summed E-state index contributed by atoms with van der Waals surface area (Å²) in [6, 6.07) is 6.61. The van der Waals surface area contributed by atoms with Crippen LogP contribution in [0.4, 0.5) is 4.79 Å². The van der Waals surface area contributed by atoms with Crippen LogP contribution in [0.15, 0.2) is 24.3 Å². The first kappa shape index (κ1) is 17.4. The maximum Gasteiger partial charge on any atom is 0.339 e. The zero-order valence-corrected chi connectivity index (χ0v) is 13.8. The molecule has 7 heteroatoms. The Bertz CT molecular complexity index is 802. The molecular formula is C17H19N3O4. The number of pyridine rings is 1. The summed E-state index contributed by atoms with van der Waals surface area (Å²) in [5.41, 5.74) is 2.62. The molecule has 0 fully saturated rings. The van der Waals surface area contributed by atoms with Crippen molar-refractivity contribution in [1.82, 2.24) is 15.6 Å². The van der Waals surface area contributed by atoms with Crippen LogP contribution in [0.2, 0.25) is 0 Å². The molecule has 24 heavy (non-hydrogen) atoms. The van der Waals surface area contributed by atoms with Crippen LogP contribution >= 0.6 is 0 Å². The molecule has 3 amide bonds. The summed E-state index contributed by atoms with van der Waals surface area (Å²) < 4.78 is 5.06. The number of aromatic nitrogens is 1. The van der Waals surface area contributed by atoms with E-state index < -0.39 is 24.5 Å². The Labute approximate surface area is 139 Å². The lowest BCUT2D eigenvalue weighted by Gasteiger charge is -2.13. The highest BCUT2D eigenvalue weighted by atomic mass is 16.5. The van der Waals surface area contributed by atoms with E-state index in [-0.39, 0.29) is 0 Å². The van der Waals surface area contributed by atoms with Crippen LogP contribution in [0.25, 0.3) is 10.9 Å². The second-order valence-electron chi connectivity index (χ2n) is 5.13. The molecule has 1 heterocycles. The number of ether oxygens (including phenoxy) is 1. The number of aryl methyl sites for hydroxylation is 1. The van der Waals surface area contributed by atoms with Crippen molar-refractivity contribution in [2.24, 2.45) is 0 Å². The largest absolute Gasteiger partial charge is 0.452 e. The minimum absolute atomic E-state index is 0.394. The topological polar surface area (TPSA) is 97.4 Å². The van der Waals surface area contributed by atoms with Gasteiger partial charge in [-0.25, -0.2) is 9.59 Å². The Hall–Kier alpha value is -2.96. The summed E-state index contributed by atoms with van der Waals surface area (Å²) in [6.45, 7) is 3.22. The van der Waals surface area contributed by atoms with E-state index in [2.05, 4.69) is 10.3 Å². The van der Waals surface area contributed by atoms with Gasteiger partial charge < -0.3 is 10.1 Å². The molecule has 0 saturated heterocycles. The molecule has 0 bridgehead atoms. The Morgan fingerprint density at radius 3 is 2.58 bits per heavy atom. The van der Waals surface area contributed by atoms with Gasteiger partial charge in [-0.05, 0) is 25.0 Å². The number of nitrogens with one attached hydrogen (secondary N) is 2. The number of fused-ring (bicyclic) bond motifs is 1. The first-order valence-corrected chi connectivity index (χ1v) is 7.54. The third-order valence-electron chi connectivity index (χ3n) is 3.59. The van der Waals surface area contributed by atoms with Crippen molar-refractivity contribution in [3.8, 4) is 0 Å². The monoisotopic (exact) mass is 329 g/mol. The van der Waals surface area contributed by atoms with Crippen LogP contribution in [-0.4, -0.2) is 36.5 Å². The average Bonchev–Trinajstić information content (AvgIpc) is 2.58. The number of imide groups is 1. The van der Waals surface area contributed by atoms with Gasteiger partial charge in [0.1, 0.15) is 0 Å². The van der Waals surface area contributed by atoms with Crippen molar-refractivity contribution in [3.63, 3.8) is 0 Å². The molecule has 126 valence electrons. The number of esters is 1. The molecule has 0 atom stereocenters. The Kier molecular flexibility index (Phi) is 5.47. The summed E-state index contributed by atoms with van der Waals surface area (Å²) >= 11 is 0. The molecule has 0 aliphatic heterocycles. The number of rotatable bonds is 4. The molecule has 2 N–H and O–H groups in total. The number of para-hydroxylation sites is 1. The third-order valence-corrected chi connectivity index (χ3v) is 3.59. The van der Waals surface area contributed by atoms with E-state index >= 15 is 0 Å². The number of carbonyl (C=O) groups excluding carboxylic acids is 3. The third kappa shape index (κ3) is 3.68. The molecule has 1 aromatic heterocycles. The van der Waals surface area contributed by atoms with Gasteiger partial charge in [-0.15, -0.1) is 0 Å². The van der Waals surface area contributed by atoms with Gasteiger partial charge in [-0.2, -0.15) is 0 Å². The molecule has 2 aromatic rings. The highest BCUT2D eigenvalue weighted by Gasteiger charge is 2.19. The fraction of sp³-hybridized carbons (Fsp3) is 0.294. The number of amides is 3. The predicted molar refractivity (Wildman–Crippen MR) is 88.7 cm³/mol. The smallest absolute Gasteiger partial charge is 0.339 e. The lowest BCUT2D eigenvalue weighted by molar-refractivity contribution is -0.123. The molecule has 0 spiro atoms. The number of benzene rings is 1. The first-order valence-electron chi connectivity index (χ1n) is 7.54. The fourth-order valence-corrected chi connectivity index (χ4v) is 2.39. The van der Waals surface area contributed by atoms with E-state index in [4.69, 9.17) is 4.74 Å². The highest BCUT2D eigenvalue weighted by Crippen LogP contribution is 2.24. The Morgan fingerprint density at radius 2 is 1.92 bits per heavy atom. The molecule has 0 radical (unpaired) electrons. The minimum atomic E-state index is -0.700. The van der Waals surface area contributed by atoms with Crippen molar-refractivity contribution in [3.05, 3.63) is 41.1 Å². The van der Waals surface area contributed by atoms with Crippen molar-refractivity contribution < 1.29 is 19.1 Å². The minimum Gasteiger partial charge on any atom is -0.452 e. The SMILES string of the molecule is CCc1nc2ccccc2c(C(=O)OCC(=O)NC(=O)NC)c1C. The number of hydrogen-bond donors (Lipinski definition) is 2. The second kappa shape index (κ2) is 7.54. The molecule has 0 aliphatic rings. The zero-order chi connectivity index (χ0) is 17.7. The average molecular weight is 329 g/mol. The van der Waals surface area contributed by atoms with Gasteiger partial charge in [0.05, 0.1) is 11.1 Å². The molecule has 0 saturated carbocycles. The molecule has 0 aliphatic carbocycles. The normalized spacial score (nSPS) is 10.3. The fourth-order valence-electron chi connectivity index (χ4n) is 2.39. The van der Waals surface area contributed by atoms with Crippen LogP contribution in [0, 0.1) is 6.92 Å². The molecule has 7 nitrogen and oxygen atoms in total. The quantitative estimate of drug-likeness (QED) is 0.832. The van der Waals surface area contributed by atoms with Gasteiger partial charge in [0.2, 0.25) is 0 Å². The van der Waals surface area contributed by atoms with E-state index in [9.17, 15) is 14.4 Å². The van der Waals surface area contributed by atoms with Crippen LogP contribution in [-0.2, 0) is 16.0 Å². The summed E-state index contributed by atoms with van der Waals surface area (Å²) in [6.07, 6.45) is 0.675. The van der Waals surface area contributed by atoms with Crippen LogP contribution < -0.4 is 10.6 Å². The summed E-state index contributed by atoms with van der Waals surface area (Å²) in [4.78, 5) is 39.6. The van der Waals surface area contributed by atoms with Gasteiger partial charge in [0.25, 0.3) is 5.91 Å².